The van der Waals surface area contributed by atoms with Gasteiger partial charge in [-0.2, -0.15) is 0 Å². The van der Waals surface area contributed by atoms with Crippen LogP contribution in [0.15, 0.2) is 17.3 Å². The van der Waals surface area contributed by atoms with Crippen molar-refractivity contribution in [3.63, 3.8) is 0 Å². The molecule has 0 radical (unpaired) electrons. The molecule has 0 spiro atoms. The van der Waals surface area contributed by atoms with E-state index in [2.05, 4.69) is 10.5 Å². The maximum Gasteiger partial charge on any atom is 0.412 e. The van der Waals surface area contributed by atoms with Crippen molar-refractivity contribution in [3.05, 3.63) is 22.1 Å². The van der Waals surface area contributed by atoms with E-state index < -0.39 is 11.7 Å². The molecule has 0 aliphatic rings. The van der Waals surface area contributed by atoms with Crippen LogP contribution in [0, 0.1) is 4.91 Å². The summed E-state index contributed by atoms with van der Waals surface area (Å²) in [6.07, 6.45) is -0.638. The van der Waals surface area contributed by atoms with Gasteiger partial charge in [-0.15, -0.1) is 4.91 Å². The van der Waals surface area contributed by atoms with Gasteiger partial charge in [-0.25, -0.2) is 4.79 Å². The van der Waals surface area contributed by atoms with E-state index in [1.807, 2.05) is 0 Å². The third-order valence-electron chi connectivity index (χ3n) is 2.08. The standard InChI is InChI=1S/C13H17ClN2O4/c1-5-19-11-7-9(16-18)8(14)6-10(11)15-12(17)20-13(2,3)4/h6-7H,5H2,1-4H3,(H,15,17). The van der Waals surface area contributed by atoms with Crippen molar-refractivity contribution in [2.45, 2.75) is 33.3 Å². The van der Waals surface area contributed by atoms with E-state index in [-0.39, 0.29) is 10.7 Å². The Morgan fingerprint density at radius 1 is 1.40 bits per heavy atom. The summed E-state index contributed by atoms with van der Waals surface area (Å²) >= 11 is 5.88. The molecule has 1 aromatic carbocycles. The van der Waals surface area contributed by atoms with Gasteiger partial charge in [0.15, 0.2) is 0 Å². The monoisotopic (exact) mass is 300 g/mol. The van der Waals surface area contributed by atoms with Gasteiger partial charge in [0.05, 0.1) is 17.3 Å². The first kappa shape index (κ1) is 16.2. The summed E-state index contributed by atoms with van der Waals surface area (Å²) in [7, 11) is 0. The third-order valence-corrected chi connectivity index (χ3v) is 2.39. The van der Waals surface area contributed by atoms with Crippen LogP contribution in [0.1, 0.15) is 27.7 Å². The zero-order valence-corrected chi connectivity index (χ0v) is 12.6. The SMILES string of the molecule is CCOc1cc(N=O)c(Cl)cc1NC(=O)OC(C)(C)C. The van der Waals surface area contributed by atoms with Gasteiger partial charge in [-0.05, 0) is 38.9 Å². The summed E-state index contributed by atoms with van der Waals surface area (Å²) < 4.78 is 10.5. The first-order chi connectivity index (χ1) is 9.26. The predicted molar refractivity (Wildman–Crippen MR) is 77.9 cm³/mol. The van der Waals surface area contributed by atoms with E-state index in [0.717, 1.165) is 0 Å². The molecular formula is C13H17ClN2O4. The number of hydrogen-bond acceptors (Lipinski definition) is 5. The molecule has 0 aromatic heterocycles. The Balaban J connectivity index is 3.01. The van der Waals surface area contributed by atoms with Crippen molar-refractivity contribution in [2.24, 2.45) is 5.18 Å². The van der Waals surface area contributed by atoms with Crippen LogP contribution in [0.2, 0.25) is 5.02 Å². The lowest BCUT2D eigenvalue weighted by molar-refractivity contribution is 0.0635. The van der Waals surface area contributed by atoms with E-state index in [0.29, 0.717) is 18.0 Å². The highest BCUT2D eigenvalue weighted by atomic mass is 35.5. The van der Waals surface area contributed by atoms with Gasteiger partial charge in [0.25, 0.3) is 0 Å². The Hall–Kier alpha value is -1.82. The van der Waals surface area contributed by atoms with Crippen molar-refractivity contribution in [2.75, 3.05) is 11.9 Å². The van der Waals surface area contributed by atoms with Gasteiger partial charge in [0.1, 0.15) is 17.0 Å². The van der Waals surface area contributed by atoms with Crippen molar-refractivity contribution in [3.8, 4) is 5.75 Å². The van der Waals surface area contributed by atoms with Crippen LogP contribution in [0.5, 0.6) is 5.75 Å². The Morgan fingerprint density at radius 2 is 2.05 bits per heavy atom. The first-order valence-corrected chi connectivity index (χ1v) is 6.44. The summed E-state index contributed by atoms with van der Waals surface area (Å²) in [4.78, 5) is 22.3. The molecule has 0 fully saturated rings. The van der Waals surface area contributed by atoms with E-state index in [1.165, 1.54) is 12.1 Å². The topological polar surface area (TPSA) is 77.0 Å². The van der Waals surface area contributed by atoms with Crippen molar-refractivity contribution < 1.29 is 14.3 Å². The molecule has 7 heteroatoms. The second kappa shape index (κ2) is 6.56. The fourth-order valence-electron chi connectivity index (χ4n) is 1.40. The molecule has 110 valence electrons. The molecule has 0 aliphatic heterocycles. The number of benzene rings is 1. The number of nitroso groups, excluding NO2 is 1. The molecule has 1 aromatic rings. The lowest BCUT2D eigenvalue weighted by atomic mass is 10.2. The maximum atomic E-state index is 11.7. The van der Waals surface area contributed by atoms with Crippen LogP contribution in [-0.2, 0) is 4.74 Å². The minimum absolute atomic E-state index is 0.0462. The summed E-state index contributed by atoms with van der Waals surface area (Å²) in [5, 5.41) is 5.44. The molecule has 1 N–H and O–H groups in total. The van der Waals surface area contributed by atoms with Crippen LogP contribution in [0.25, 0.3) is 0 Å². The number of halogens is 1. The fraction of sp³-hybridized carbons (Fsp3) is 0.462. The molecule has 0 aliphatic carbocycles. The highest BCUT2D eigenvalue weighted by Crippen LogP contribution is 2.36. The number of hydrogen-bond donors (Lipinski definition) is 1. The zero-order valence-electron chi connectivity index (χ0n) is 11.8. The number of carbonyl (C=O) groups is 1. The molecule has 0 bridgehead atoms. The zero-order chi connectivity index (χ0) is 15.3. The summed E-state index contributed by atoms with van der Waals surface area (Å²) in [5.74, 6) is 0.303. The maximum absolute atomic E-state index is 11.7. The van der Waals surface area contributed by atoms with Gasteiger partial charge in [0.2, 0.25) is 0 Å². The number of nitrogens with zero attached hydrogens (tertiary/aromatic N) is 1. The summed E-state index contributed by atoms with van der Waals surface area (Å²) in [6, 6.07) is 2.76. The number of anilines is 1. The molecular weight excluding hydrogens is 284 g/mol. The van der Waals surface area contributed by atoms with Crippen LogP contribution in [-0.4, -0.2) is 18.3 Å². The third kappa shape index (κ3) is 4.70. The molecule has 1 amide bonds. The van der Waals surface area contributed by atoms with Crippen LogP contribution >= 0.6 is 11.6 Å². The Labute approximate surface area is 122 Å². The second-order valence-corrected chi connectivity index (χ2v) is 5.36. The van der Waals surface area contributed by atoms with Gasteiger partial charge in [0, 0.05) is 6.07 Å². The molecule has 0 unspecified atom stereocenters. The van der Waals surface area contributed by atoms with Crippen molar-refractivity contribution >= 4 is 29.1 Å². The lowest BCUT2D eigenvalue weighted by Gasteiger charge is -2.20. The number of nitrogens with one attached hydrogen (secondary N) is 1. The fourth-order valence-corrected chi connectivity index (χ4v) is 1.60. The number of amides is 1. The quantitative estimate of drug-likeness (QED) is 0.831. The normalized spacial score (nSPS) is 10.8. The molecule has 20 heavy (non-hydrogen) atoms. The largest absolute Gasteiger partial charge is 0.492 e. The van der Waals surface area contributed by atoms with Crippen LogP contribution < -0.4 is 10.1 Å². The smallest absolute Gasteiger partial charge is 0.412 e. The van der Waals surface area contributed by atoms with Crippen LogP contribution in [0.3, 0.4) is 0 Å². The first-order valence-electron chi connectivity index (χ1n) is 6.06. The van der Waals surface area contributed by atoms with E-state index in [1.54, 1.807) is 27.7 Å². The minimum Gasteiger partial charge on any atom is -0.492 e. The van der Waals surface area contributed by atoms with E-state index in [9.17, 15) is 9.70 Å². The van der Waals surface area contributed by atoms with Gasteiger partial charge in [-0.3, -0.25) is 5.32 Å². The van der Waals surface area contributed by atoms with E-state index in [4.69, 9.17) is 21.1 Å². The molecule has 0 saturated heterocycles. The Morgan fingerprint density at radius 3 is 2.55 bits per heavy atom. The number of ether oxygens (including phenoxy) is 2. The predicted octanol–water partition coefficient (Wildman–Crippen LogP) is 4.48. The highest BCUT2D eigenvalue weighted by Gasteiger charge is 2.18. The molecule has 0 heterocycles. The number of rotatable bonds is 4. The average molecular weight is 301 g/mol. The molecule has 1 rings (SSSR count). The summed E-state index contributed by atoms with van der Waals surface area (Å²) in [5.41, 5.74) is -0.257. The van der Waals surface area contributed by atoms with Crippen LogP contribution in [0.4, 0.5) is 16.2 Å². The minimum atomic E-state index is -0.638. The lowest BCUT2D eigenvalue weighted by Crippen LogP contribution is -2.27. The Bertz CT molecular complexity index is 512. The van der Waals surface area contributed by atoms with Gasteiger partial charge >= 0.3 is 6.09 Å². The van der Waals surface area contributed by atoms with E-state index >= 15 is 0 Å². The Kier molecular flexibility index (Phi) is 5.33. The van der Waals surface area contributed by atoms with Gasteiger partial charge in [-0.1, -0.05) is 11.6 Å². The molecule has 6 nitrogen and oxygen atoms in total. The summed E-state index contributed by atoms with van der Waals surface area (Å²) in [6.45, 7) is 7.40. The molecule has 0 atom stereocenters. The number of carbonyl (C=O) groups excluding carboxylic acids is 1. The highest BCUT2D eigenvalue weighted by molar-refractivity contribution is 6.33. The van der Waals surface area contributed by atoms with Crippen molar-refractivity contribution in [1.82, 2.24) is 0 Å². The molecule has 0 saturated carbocycles. The second-order valence-electron chi connectivity index (χ2n) is 4.95. The van der Waals surface area contributed by atoms with Gasteiger partial charge < -0.3 is 9.47 Å². The average Bonchev–Trinajstić information content (AvgIpc) is 2.30. The van der Waals surface area contributed by atoms with Crippen molar-refractivity contribution in [1.29, 1.82) is 0 Å².